The second-order valence-electron chi connectivity index (χ2n) is 5.44. The van der Waals surface area contributed by atoms with E-state index in [1.54, 1.807) is 35.2 Å². The Kier molecular flexibility index (Phi) is 4.43. The van der Waals surface area contributed by atoms with Crippen molar-refractivity contribution >= 4 is 24.1 Å². The molecule has 0 aliphatic carbocycles. The first-order chi connectivity index (χ1) is 11.5. The zero-order valence-corrected chi connectivity index (χ0v) is 14.2. The summed E-state index contributed by atoms with van der Waals surface area (Å²) in [5, 5.41) is 20.8. The molecule has 1 heterocycles. The zero-order valence-electron chi connectivity index (χ0n) is 13.3. The average molecular weight is 339 g/mol. The van der Waals surface area contributed by atoms with Crippen molar-refractivity contribution in [2.24, 2.45) is 5.10 Å². The van der Waals surface area contributed by atoms with Gasteiger partial charge in [0.1, 0.15) is 5.75 Å². The standard InChI is InChI=1S/C17H17N5OS/c1-21(2)14-7-5-13(6-8-14)16-19-20-17(24)22(16)18-11-12-3-9-15(23)10-4-12/h3-11,23H,1-2H3,(H,20,24)/b18-11+. The van der Waals surface area contributed by atoms with Crippen LogP contribution in [0.5, 0.6) is 5.75 Å². The van der Waals surface area contributed by atoms with Crippen LogP contribution in [-0.4, -0.2) is 40.3 Å². The molecule has 2 N–H and O–H groups in total. The van der Waals surface area contributed by atoms with E-state index < -0.39 is 0 Å². The molecule has 0 saturated heterocycles. The molecular formula is C17H17N5OS. The van der Waals surface area contributed by atoms with Crippen molar-refractivity contribution in [1.82, 2.24) is 14.9 Å². The number of hydrogen-bond acceptors (Lipinski definition) is 5. The number of aromatic nitrogens is 3. The second kappa shape index (κ2) is 6.67. The largest absolute Gasteiger partial charge is 0.508 e. The summed E-state index contributed by atoms with van der Waals surface area (Å²) in [5.74, 6) is 0.856. The fraction of sp³-hybridized carbons (Fsp3) is 0.118. The molecule has 0 amide bonds. The molecule has 24 heavy (non-hydrogen) atoms. The van der Waals surface area contributed by atoms with Gasteiger partial charge in [0.2, 0.25) is 4.77 Å². The summed E-state index contributed by atoms with van der Waals surface area (Å²) in [6, 6.07) is 14.7. The van der Waals surface area contributed by atoms with E-state index in [2.05, 4.69) is 15.3 Å². The van der Waals surface area contributed by atoms with Crippen LogP contribution in [-0.2, 0) is 0 Å². The number of nitrogens with zero attached hydrogens (tertiary/aromatic N) is 4. The molecule has 7 heteroatoms. The second-order valence-corrected chi connectivity index (χ2v) is 5.83. The number of H-pyrrole nitrogens is 1. The van der Waals surface area contributed by atoms with E-state index in [0.29, 0.717) is 10.6 Å². The minimum Gasteiger partial charge on any atom is -0.508 e. The average Bonchev–Trinajstić information content (AvgIpc) is 2.95. The number of hydrogen-bond donors (Lipinski definition) is 2. The fourth-order valence-electron chi connectivity index (χ4n) is 2.18. The molecule has 2 aromatic carbocycles. The molecule has 0 aliphatic rings. The number of phenolic OH excluding ortho intramolecular Hbond substituents is 1. The van der Waals surface area contributed by atoms with Crippen molar-refractivity contribution < 1.29 is 5.11 Å². The van der Waals surface area contributed by atoms with Crippen LogP contribution in [0.2, 0.25) is 0 Å². The highest BCUT2D eigenvalue weighted by Gasteiger charge is 2.08. The van der Waals surface area contributed by atoms with E-state index in [-0.39, 0.29) is 5.75 Å². The van der Waals surface area contributed by atoms with Gasteiger partial charge in [0.25, 0.3) is 0 Å². The van der Waals surface area contributed by atoms with Crippen LogP contribution in [0.25, 0.3) is 11.4 Å². The lowest BCUT2D eigenvalue weighted by Gasteiger charge is -2.12. The molecule has 3 aromatic rings. The SMILES string of the molecule is CN(C)c1ccc(-c2n[nH]c(=S)n2/N=C/c2ccc(O)cc2)cc1. The predicted molar refractivity (Wildman–Crippen MR) is 98.3 cm³/mol. The molecule has 0 saturated carbocycles. The lowest BCUT2D eigenvalue weighted by molar-refractivity contribution is 0.475. The Balaban J connectivity index is 1.94. The lowest BCUT2D eigenvalue weighted by Crippen LogP contribution is -2.08. The highest BCUT2D eigenvalue weighted by atomic mass is 32.1. The third kappa shape index (κ3) is 3.36. The van der Waals surface area contributed by atoms with Gasteiger partial charge in [-0.25, -0.2) is 5.10 Å². The van der Waals surface area contributed by atoms with Crippen LogP contribution in [0, 0.1) is 4.77 Å². The van der Waals surface area contributed by atoms with Gasteiger partial charge < -0.3 is 10.0 Å². The number of benzene rings is 2. The summed E-state index contributed by atoms with van der Waals surface area (Å²) < 4.78 is 1.99. The lowest BCUT2D eigenvalue weighted by atomic mass is 10.2. The number of anilines is 1. The Hall–Kier alpha value is -2.93. The highest BCUT2D eigenvalue weighted by molar-refractivity contribution is 7.71. The Bertz CT molecular complexity index is 907. The van der Waals surface area contributed by atoms with E-state index in [0.717, 1.165) is 16.8 Å². The first kappa shape index (κ1) is 15.9. The third-order valence-electron chi connectivity index (χ3n) is 3.51. The first-order valence-electron chi connectivity index (χ1n) is 7.33. The van der Waals surface area contributed by atoms with Crippen LogP contribution in [0.3, 0.4) is 0 Å². The van der Waals surface area contributed by atoms with Gasteiger partial charge in [0, 0.05) is 25.3 Å². The number of phenols is 1. The summed E-state index contributed by atoms with van der Waals surface area (Å²) in [5.41, 5.74) is 2.87. The molecule has 3 rings (SSSR count). The van der Waals surface area contributed by atoms with Gasteiger partial charge in [-0.2, -0.15) is 14.9 Å². The maximum Gasteiger partial charge on any atom is 0.216 e. The van der Waals surface area contributed by atoms with Gasteiger partial charge in [0.05, 0.1) is 6.21 Å². The quantitative estimate of drug-likeness (QED) is 0.565. The maximum absolute atomic E-state index is 9.32. The monoisotopic (exact) mass is 339 g/mol. The van der Waals surface area contributed by atoms with Crippen LogP contribution in [0.4, 0.5) is 5.69 Å². The Morgan fingerprint density at radius 1 is 1.12 bits per heavy atom. The molecule has 0 atom stereocenters. The van der Waals surface area contributed by atoms with Crippen LogP contribution in [0.15, 0.2) is 53.6 Å². The van der Waals surface area contributed by atoms with Gasteiger partial charge in [0.15, 0.2) is 5.82 Å². The topological polar surface area (TPSA) is 69.4 Å². The molecule has 122 valence electrons. The van der Waals surface area contributed by atoms with E-state index in [1.807, 2.05) is 43.3 Å². The first-order valence-corrected chi connectivity index (χ1v) is 7.74. The molecule has 0 bridgehead atoms. The van der Waals surface area contributed by atoms with Crippen molar-refractivity contribution in [1.29, 1.82) is 0 Å². The summed E-state index contributed by atoms with van der Waals surface area (Å²) in [4.78, 5) is 2.03. The normalized spacial score (nSPS) is 11.1. The van der Waals surface area contributed by atoms with E-state index in [1.165, 1.54) is 0 Å². The molecule has 0 radical (unpaired) electrons. The highest BCUT2D eigenvalue weighted by Crippen LogP contribution is 2.21. The Labute approximate surface area is 144 Å². The molecule has 0 unspecified atom stereocenters. The molecule has 6 nitrogen and oxygen atoms in total. The number of aromatic hydroxyl groups is 1. The molecule has 1 aromatic heterocycles. The van der Waals surface area contributed by atoms with Crippen molar-refractivity contribution in [3.8, 4) is 17.1 Å². The summed E-state index contributed by atoms with van der Waals surface area (Å²) in [6.07, 6.45) is 1.67. The smallest absolute Gasteiger partial charge is 0.216 e. The van der Waals surface area contributed by atoms with Gasteiger partial charge in [-0.05, 0) is 66.3 Å². The summed E-state index contributed by atoms with van der Waals surface area (Å²) in [7, 11) is 3.99. The molecule has 0 fully saturated rings. The van der Waals surface area contributed by atoms with Gasteiger partial charge in [-0.15, -0.1) is 0 Å². The minimum atomic E-state index is 0.216. The van der Waals surface area contributed by atoms with Crippen molar-refractivity contribution in [3.05, 3.63) is 58.9 Å². The van der Waals surface area contributed by atoms with E-state index in [9.17, 15) is 5.11 Å². The molecule has 0 aliphatic heterocycles. The van der Waals surface area contributed by atoms with Crippen molar-refractivity contribution in [2.75, 3.05) is 19.0 Å². The van der Waals surface area contributed by atoms with Crippen LogP contribution < -0.4 is 4.90 Å². The van der Waals surface area contributed by atoms with Crippen molar-refractivity contribution in [2.45, 2.75) is 0 Å². The molecular weight excluding hydrogens is 322 g/mol. The minimum absolute atomic E-state index is 0.216. The third-order valence-corrected chi connectivity index (χ3v) is 3.77. The number of aromatic amines is 1. The van der Waals surface area contributed by atoms with Gasteiger partial charge in [-0.1, -0.05) is 0 Å². The van der Waals surface area contributed by atoms with Gasteiger partial charge in [-0.3, -0.25) is 0 Å². The number of rotatable bonds is 4. The van der Waals surface area contributed by atoms with E-state index in [4.69, 9.17) is 12.2 Å². The van der Waals surface area contributed by atoms with Crippen LogP contribution >= 0.6 is 12.2 Å². The predicted octanol–water partition coefficient (Wildman–Crippen LogP) is 3.26. The summed E-state index contributed by atoms with van der Waals surface area (Å²) >= 11 is 5.26. The fourth-order valence-corrected chi connectivity index (χ4v) is 2.36. The Morgan fingerprint density at radius 3 is 2.42 bits per heavy atom. The summed E-state index contributed by atoms with van der Waals surface area (Å²) in [6.45, 7) is 0. The van der Waals surface area contributed by atoms with Crippen LogP contribution in [0.1, 0.15) is 5.56 Å². The molecule has 0 spiro atoms. The Morgan fingerprint density at radius 2 is 1.79 bits per heavy atom. The maximum atomic E-state index is 9.32. The van der Waals surface area contributed by atoms with E-state index >= 15 is 0 Å². The zero-order chi connectivity index (χ0) is 17.1. The number of nitrogens with one attached hydrogen (secondary N) is 1. The van der Waals surface area contributed by atoms with Gasteiger partial charge >= 0.3 is 0 Å². The van der Waals surface area contributed by atoms with Crippen molar-refractivity contribution in [3.63, 3.8) is 0 Å².